The molecule has 176 valence electrons. The molecule has 3 rings (SSSR count). The van der Waals surface area contributed by atoms with Gasteiger partial charge in [0.05, 0.1) is 25.7 Å². The number of nitrogens with one attached hydrogen (secondary N) is 2. The number of hydrogen-bond donors (Lipinski definition) is 2. The van der Waals surface area contributed by atoms with E-state index < -0.39 is 5.97 Å². The number of aldehydes is 1. The van der Waals surface area contributed by atoms with Crippen LogP contribution in [0.1, 0.15) is 24.2 Å². The number of nitrogens with zero attached hydrogens (tertiary/aromatic N) is 2. The van der Waals surface area contributed by atoms with Crippen LogP contribution in [0.25, 0.3) is 11.0 Å². The van der Waals surface area contributed by atoms with Crippen molar-refractivity contribution in [3.05, 3.63) is 30.2 Å². The normalized spacial score (nSPS) is 10.6. The highest BCUT2D eigenvalue weighted by molar-refractivity contribution is 6.02. The lowest BCUT2D eigenvalue weighted by atomic mass is 10.2. The average molecular weight is 458 g/mol. The van der Waals surface area contributed by atoms with E-state index in [9.17, 15) is 9.59 Å². The number of carbonyl (C=O) groups excluding carboxylic acids is 2. The summed E-state index contributed by atoms with van der Waals surface area (Å²) in [5.41, 5.74) is 1.45. The molecule has 0 saturated heterocycles. The number of ether oxygens (including phenoxy) is 5. The van der Waals surface area contributed by atoms with E-state index in [4.69, 9.17) is 23.7 Å². The van der Waals surface area contributed by atoms with Crippen LogP contribution in [-0.2, 0) is 14.3 Å². The first-order valence-electron chi connectivity index (χ1n) is 10.4. The maximum Gasteiger partial charge on any atom is 0.344 e. The second kappa shape index (κ2) is 11.7. The molecule has 0 atom stereocenters. The summed E-state index contributed by atoms with van der Waals surface area (Å²) >= 11 is 0. The molecule has 3 aromatic rings. The fourth-order valence-corrected chi connectivity index (χ4v) is 3.05. The largest absolute Gasteiger partial charge is 0.493 e. The van der Waals surface area contributed by atoms with E-state index in [1.54, 1.807) is 25.3 Å². The quantitative estimate of drug-likeness (QED) is 0.224. The Labute approximate surface area is 190 Å². The summed E-state index contributed by atoms with van der Waals surface area (Å²) in [6.07, 6.45) is 3.65. The Morgan fingerprint density at radius 3 is 2.67 bits per heavy atom. The Morgan fingerprint density at radius 2 is 1.94 bits per heavy atom. The predicted octanol–water partition coefficient (Wildman–Crippen LogP) is 2.88. The van der Waals surface area contributed by atoms with Gasteiger partial charge in [-0.05, 0) is 13.8 Å². The molecule has 0 bridgehead atoms. The van der Waals surface area contributed by atoms with Crippen LogP contribution in [0.5, 0.6) is 17.2 Å². The van der Waals surface area contributed by atoms with E-state index in [1.807, 2.05) is 6.92 Å². The number of fused-ring (bicyclic) bond motifs is 1. The second-order valence-corrected chi connectivity index (χ2v) is 6.58. The second-order valence-electron chi connectivity index (χ2n) is 6.58. The van der Waals surface area contributed by atoms with Gasteiger partial charge in [-0.2, -0.15) is 0 Å². The summed E-state index contributed by atoms with van der Waals surface area (Å²) in [7, 11) is 1.49. The van der Waals surface area contributed by atoms with Crippen LogP contribution in [0.15, 0.2) is 24.7 Å². The molecule has 0 unspecified atom stereocenters. The highest BCUT2D eigenvalue weighted by atomic mass is 16.6. The standard InChI is InChI=1S/C22H26N4O7/c1-4-30-6-7-32-20-16(29-3)8-15(9-17(20)33-12-18(28)31-5-2)26-22-19-14(11-27)10-23-21(19)24-13-25-22/h8-11,13H,4-7,12H2,1-3H3,(H2,23,24,25,26). The lowest BCUT2D eigenvalue weighted by Crippen LogP contribution is -2.16. The number of benzene rings is 1. The van der Waals surface area contributed by atoms with Crippen LogP contribution >= 0.6 is 0 Å². The maximum absolute atomic E-state index is 11.8. The molecule has 0 spiro atoms. The molecule has 0 aliphatic carbocycles. The Morgan fingerprint density at radius 1 is 1.12 bits per heavy atom. The molecule has 0 fully saturated rings. The summed E-state index contributed by atoms with van der Waals surface area (Å²) in [6, 6.07) is 3.33. The van der Waals surface area contributed by atoms with E-state index in [1.165, 1.54) is 13.4 Å². The molecule has 1 aromatic carbocycles. The van der Waals surface area contributed by atoms with Gasteiger partial charge in [0.25, 0.3) is 0 Å². The zero-order valence-electron chi connectivity index (χ0n) is 18.7. The minimum absolute atomic E-state index is 0.240. The van der Waals surface area contributed by atoms with Crippen molar-refractivity contribution in [3.8, 4) is 17.2 Å². The van der Waals surface area contributed by atoms with Gasteiger partial charge in [0, 0.05) is 36.2 Å². The number of aromatic nitrogens is 3. The van der Waals surface area contributed by atoms with Gasteiger partial charge in [-0.1, -0.05) is 0 Å². The summed E-state index contributed by atoms with van der Waals surface area (Å²) < 4.78 is 27.3. The number of esters is 1. The predicted molar refractivity (Wildman–Crippen MR) is 120 cm³/mol. The Balaban J connectivity index is 1.94. The third-order valence-electron chi connectivity index (χ3n) is 4.46. The smallest absolute Gasteiger partial charge is 0.344 e. The monoisotopic (exact) mass is 458 g/mol. The maximum atomic E-state index is 11.8. The van der Waals surface area contributed by atoms with Gasteiger partial charge in [0.15, 0.2) is 24.4 Å². The SMILES string of the molecule is CCOCCOc1c(OC)cc(Nc2ncnc3[nH]cc(C=O)c23)cc1OCC(=O)OCC. The molecule has 0 radical (unpaired) electrons. The topological polar surface area (TPSA) is 134 Å². The van der Waals surface area contributed by atoms with Crippen molar-refractivity contribution in [1.29, 1.82) is 0 Å². The Kier molecular flexibility index (Phi) is 8.42. The van der Waals surface area contributed by atoms with E-state index in [0.717, 1.165) is 6.29 Å². The average Bonchev–Trinajstić information content (AvgIpc) is 3.25. The highest BCUT2D eigenvalue weighted by Gasteiger charge is 2.18. The van der Waals surface area contributed by atoms with Crippen molar-refractivity contribution in [2.45, 2.75) is 13.8 Å². The molecule has 2 heterocycles. The van der Waals surface area contributed by atoms with Gasteiger partial charge in [0.1, 0.15) is 24.4 Å². The summed E-state index contributed by atoms with van der Waals surface area (Å²) in [6.45, 7) is 4.72. The minimum Gasteiger partial charge on any atom is -0.493 e. The lowest BCUT2D eigenvalue weighted by molar-refractivity contribution is -0.145. The minimum atomic E-state index is -0.518. The number of H-pyrrole nitrogens is 1. The van der Waals surface area contributed by atoms with Crippen molar-refractivity contribution in [2.24, 2.45) is 0 Å². The van der Waals surface area contributed by atoms with Crippen molar-refractivity contribution in [1.82, 2.24) is 15.0 Å². The lowest BCUT2D eigenvalue weighted by Gasteiger charge is -2.18. The molecule has 11 heteroatoms. The molecule has 11 nitrogen and oxygen atoms in total. The highest BCUT2D eigenvalue weighted by Crippen LogP contribution is 2.41. The van der Waals surface area contributed by atoms with Gasteiger partial charge in [-0.15, -0.1) is 0 Å². The zero-order valence-corrected chi connectivity index (χ0v) is 18.7. The van der Waals surface area contributed by atoms with Crippen molar-refractivity contribution in [3.63, 3.8) is 0 Å². The van der Waals surface area contributed by atoms with Crippen LogP contribution in [0, 0.1) is 0 Å². The summed E-state index contributed by atoms with van der Waals surface area (Å²) in [5, 5.41) is 3.69. The van der Waals surface area contributed by atoms with E-state index in [2.05, 4.69) is 20.3 Å². The summed E-state index contributed by atoms with van der Waals surface area (Å²) in [5.74, 6) is 0.833. The van der Waals surface area contributed by atoms with Gasteiger partial charge < -0.3 is 34.0 Å². The number of methoxy groups -OCH3 is 1. The van der Waals surface area contributed by atoms with Gasteiger partial charge in [-0.3, -0.25) is 4.79 Å². The van der Waals surface area contributed by atoms with Crippen LogP contribution in [-0.4, -0.2) is 67.4 Å². The number of carbonyl (C=O) groups is 2. The van der Waals surface area contributed by atoms with Gasteiger partial charge in [0.2, 0.25) is 5.75 Å². The van der Waals surface area contributed by atoms with Crippen molar-refractivity contribution < 1.29 is 33.3 Å². The van der Waals surface area contributed by atoms with Crippen LogP contribution in [0.4, 0.5) is 11.5 Å². The Hall–Kier alpha value is -3.86. The third kappa shape index (κ3) is 5.89. The van der Waals surface area contributed by atoms with Crippen LogP contribution < -0.4 is 19.5 Å². The van der Waals surface area contributed by atoms with E-state index >= 15 is 0 Å². The van der Waals surface area contributed by atoms with E-state index in [0.29, 0.717) is 52.8 Å². The molecule has 0 aliphatic rings. The third-order valence-corrected chi connectivity index (χ3v) is 4.46. The molecule has 0 amide bonds. The zero-order chi connectivity index (χ0) is 23.6. The molecule has 2 N–H and O–H groups in total. The van der Waals surface area contributed by atoms with Crippen LogP contribution in [0.2, 0.25) is 0 Å². The fraction of sp³-hybridized carbons (Fsp3) is 0.364. The van der Waals surface area contributed by atoms with Crippen LogP contribution in [0.3, 0.4) is 0 Å². The number of anilines is 2. The van der Waals surface area contributed by atoms with Gasteiger partial charge >= 0.3 is 5.97 Å². The van der Waals surface area contributed by atoms with Crippen molar-refractivity contribution in [2.75, 3.05) is 45.5 Å². The van der Waals surface area contributed by atoms with Crippen molar-refractivity contribution >= 4 is 34.8 Å². The summed E-state index contributed by atoms with van der Waals surface area (Å²) in [4.78, 5) is 34.6. The Bertz CT molecular complexity index is 1100. The molecule has 0 saturated carbocycles. The molecular formula is C22H26N4O7. The number of hydrogen-bond acceptors (Lipinski definition) is 10. The van der Waals surface area contributed by atoms with Gasteiger partial charge in [-0.25, -0.2) is 14.8 Å². The number of rotatable bonds is 13. The molecule has 0 aliphatic heterocycles. The molecular weight excluding hydrogens is 432 g/mol. The fourth-order valence-electron chi connectivity index (χ4n) is 3.05. The first kappa shape index (κ1) is 23.8. The first-order valence-corrected chi connectivity index (χ1v) is 10.4. The van der Waals surface area contributed by atoms with E-state index in [-0.39, 0.29) is 25.6 Å². The number of aromatic amines is 1. The molecule has 33 heavy (non-hydrogen) atoms. The molecule has 2 aromatic heterocycles. The first-order chi connectivity index (χ1) is 16.1.